The van der Waals surface area contributed by atoms with E-state index >= 15 is 0 Å². The van der Waals surface area contributed by atoms with E-state index in [2.05, 4.69) is 19.8 Å². The lowest BCUT2D eigenvalue weighted by molar-refractivity contribution is -0.164. The Morgan fingerprint density at radius 1 is 1.30 bits per heavy atom. The molecule has 0 spiro atoms. The predicted molar refractivity (Wildman–Crippen MR) is 101 cm³/mol. The highest BCUT2D eigenvalue weighted by Crippen LogP contribution is 2.49. The van der Waals surface area contributed by atoms with Crippen LogP contribution < -0.4 is 4.90 Å². The first-order valence-corrected chi connectivity index (χ1v) is 10.2. The highest BCUT2D eigenvalue weighted by Gasteiger charge is 2.53. The normalized spacial score (nSPS) is 32.0. The van der Waals surface area contributed by atoms with Crippen molar-refractivity contribution in [1.29, 1.82) is 0 Å². The minimum Gasteiger partial charge on any atom is -0.466 e. The molecule has 3 fully saturated rings. The zero-order chi connectivity index (χ0) is 18.7. The van der Waals surface area contributed by atoms with E-state index in [1.54, 1.807) is 18.6 Å². The molecule has 1 aromatic heterocycles. The van der Waals surface area contributed by atoms with Gasteiger partial charge in [-0.2, -0.15) is 0 Å². The van der Waals surface area contributed by atoms with Crippen molar-refractivity contribution in [2.24, 2.45) is 11.3 Å². The molecule has 3 heterocycles. The van der Waals surface area contributed by atoms with Crippen LogP contribution in [0, 0.1) is 11.3 Å². The van der Waals surface area contributed by atoms with Gasteiger partial charge in [0.2, 0.25) is 0 Å². The van der Waals surface area contributed by atoms with E-state index in [4.69, 9.17) is 9.47 Å². The number of hydrogen-bond acceptors (Lipinski definition) is 7. The van der Waals surface area contributed by atoms with Crippen molar-refractivity contribution in [1.82, 2.24) is 14.9 Å². The van der Waals surface area contributed by atoms with E-state index in [1.807, 2.05) is 6.92 Å². The summed E-state index contributed by atoms with van der Waals surface area (Å²) in [5, 5.41) is 0. The Kier molecular flexibility index (Phi) is 5.59. The molecule has 148 valence electrons. The molecular formula is C20H30N4O3. The molecule has 0 amide bonds. The highest BCUT2D eigenvalue weighted by molar-refractivity contribution is 5.79. The summed E-state index contributed by atoms with van der Waals surface area (Å²) in [6, 6.07) is 0.560. The van der Waals surface area contributed by atoms with E-state index in [9.17, 15) is 4.79 Å². The number of anilines is 1. The number of rotatable bonds is 4. The summed E-state index contributed by atoms with van der Waals surface area (Å²) >= 11 is 0. The van der Waals surface area contributed by atoms with Gasteiger partial charge in [-0.05, 0) is 38.5 Å². The van der Waals surface area contributed by atoms with Crippen molar-refractivity contribution in [2.45, 2.75) is 38.6 Å². The Bertz CT molecular complexity index is 637. The number of aromatic nitrogens is 2. The molecule has 0 bridgehead atoms. The maximum Gasteiger partial charge on any atom is 0.314 e. The summed E-state index contributed by atoms with van der Waals surface area (Å²) in [6.45, 7) is 7.60. The second kappa shape index (κ2) is 8.10. The second-order valence-corrected chi connectivity index (χ2v) is 7.92. The van der Waals surface area contributed by atoms with E-state index in [0.717, 1.165) is 64.3 Å². The van der Waals surface area contributed by atoms with Gasteiger partial charge in [-0.3, -0.25) is 14.7 Å². The Morgan fingerprint density at radius 2 is 2.15 bits per heavy atom. The summed E-state index contributed by atoms with van der Waals surface area (Å²) in [4.78, 5) is 26.5. The van der Waals surface area contributed by atoms with Gasteiger partial charge in [0.1, 0.15) is 5.82 Å². The SMILES string of the molecule is CCOC(=O)[C@@]12CC[C@H](N3CCOCC3)C[C@H]1CCN(c1cnccn1)C2. The van der Waals surface area contributed by atoms with Crippen LogP contribution in [0.3, 0.4) is 0 Å². The minimum atomic E-state index is -0.422. The van der Waals surface area contributed by atoms with Gasteiger partial charge in [-0.1, -0.05) is 0 Å². The highest BCUT2D eigenvalue weighted by atomic mass is 16.5. The number of hydrogen-bond donors (Lipinski definition) is 0. The maximum atomic E-state index is 13.1. The zero-order valence-electron chi connectivity index (χ0n) is 16.2. The van der Waals surface area contributed by atoms with Crippen molar-refractivity contribution in [3.05, 3.63) is 18.6 Å². The third kappa shape index (κ3) is 3.67. The number of morpholine rings is 1. The van der Waals surface area contributed by atoms with Gasteiger partial charge in [0.25, 0.3) is 0 Å². The van der Waals surface area contributed by atoms with Crippen LogP contribution in [-0.2, 0) is 14.3 Å². The predicted octanol–water partition coefficient (Wildman–Crippen LogP) is 1.74. The van der Waals surface area contributed by atoms with Crippen molar-refractivity contribution in [2.75, 3.05) is 50.9 Å². The molecule has 7 heteroatoms. The average Bonchev–Trinajstić information content (AvgIpc) is 2.74. The van der Waals surface area contributed by atoms with Gasteiger partial charge in [-0.15, -0.1) is 0 Å². The lowest BCUT2D eigenvalue weighted by atomic mass is 9.61. The molecule has 0 unspecified atom stereocenters. The fourth-order valence-electron chi connectivity index (χ4n) is 5.17. The van der Waals surface area contributed by atoms with Crippen molar-refractivity contribution >= 4 is 11.8 Å². The van der Waals surface area contributed by atoms with E-state index in [-0.39, 0.29) is 5.97 Å². The van der Waals surface area contributed by atoms with Crippen LogP contribution >= 0.6 is 0 Å². The Hall–Kier alpha value is -1.73. The summed E-state index contributed by atoms with van der Waals surface area (Å²) in [6.07, 6.45) is 9.19. The number of carbonyl (C=O) groups is 1. The number of carbonyl (C=O) groups excluding carboxylic acids is 1. The Morgan fingerprint density at radius 3 is 2.89 bits per heavy atom. The smallest absolute Gasteiger partial charge is 0.314 e. The first-order chi connectivity index (χ1) is 13.2. The summed E-state index contributed by atoms with van der Waals surface area (Å²) in [5.74, 6) is 1.20. The lowest BCUT2D eigenvalue weighted by Gasteiger charge is -2.52. The van der Waals surface area contributed by atoms with Gasteiger partial charge in [-0.25, -0.2) is 4.98 Å². The van der Waals surface area contributed by atoms with E-state index in [1.165, 1.54) is 0 Å². The molecule has 2 aliphatic heterocycles. The maximum absolute atomic E-state index is 13.1. The van der Waals surface area contributed by atoms with Crippen molar-refractivity contribution in [3.8, 4) is 0 Å². The molecule has 1 aliphatic carbocycles. The molecule has 3 atom stereocenters. The molecule has 1 saturated carbocycles. The quantitative estimate of drug-likeness (QED) is 0.744. The fourth-order valence-corrected chi connectivity index (χ4v) is 5.17. The standard InChI is InChI=1S/C20H30N4O3/c1-2-27-19(25)20-5-3-17(23-9-11-26-12-10-23)13-16(20)4-8-24(15-20)18-14-21-6-7-22-18/h6-7,14,16-17H,2-5,8-13,15H2,1H3/t16-,17+,20-/m1/s1. The molecule has 0 aromatic carbocycles. The molecule has 2 saturated heterocycles. The molecule has 4 rings (SSSR count). The molecule has 1 aromatic rings. The van der Waals surface area contributed by atoms with Crippen molar-refractivity contribution < 1.29 is 14.3 Å². The first kappa shape index (κ1) is 18.6. The zero-order valence-corrected chi connectivity index (χ0v) is 16.2. The monoisotopic (exact) mass is 374 g/mol. The Balaban J connectivity index is 1.54. The van der Waals surface area contributed by atoms with Crippen LogP contribution in [0.4, 0.5) is 5.82 Å². The summed E-state index contributed by atoms with van der Waals surface area (Å²) < 4.78 is 11.1. The number of esters is 1. The van der Waals surface area contributed by atoms with Crippen LogP contribution in [0.25, 0.3) is 0 Å². The molecule has 3 aliphatic rings. The van der Waals surface area contributed by atoms with Crippen LogP contribution in [0.5, 0.6) is 0 Å². The largest absolute Gasteiger partial charge is 0.466 e. The molecule has 27 heavy (non-hydrogen) atoms. The Labute approximate surface area is 161 Å². The fraction of sp³-hybridized carbons (Fsp3) is 0.750. The molecular weight excluding hydrogens is 344 g/mol. The first-order valence-electron chi connectivity index (χ1n) is 10.2. The van der Waals surface area contributed by atoms with E-state index in [0.29, 0.717) is 25.1 Å². The van der Waals surface area contributed by atoms with Gasteiger partial charge < -0.3 is 14.4 Å². The van der Waals surface area contributed by atoms with Crippen LogP contribution in [0.1, 0.15) is 32.6 Å². The number of nitrogens with zero attached hydrogens (tertiary/aromatic N) is 4. The van der Waals surface area contributed by atoms with Gasteiger partial charge >= 0.3 is 5.97 Å². The molecule has 7 nitrogen and oxygen atoms in total. The number of ether oxygens (including phenoxy) is 2. The van der Waals surface area contributed by atoms with Crippen molar-refractivity contribution in [3.63, 3.8) is 0 Å². The van der Waals surface area contributed by atoms with Crippen LogP contribution in [0.2, 0.25) is 0 Å². The van der Waals surface area contributed by atoms with E-state index < -0.39 is 5.41 Å². The molecule has 0 N–H and O–H groups in total. The average molecular weight is 374 g/mol. The van der Waals surface area contributed by atoms with Crippen LogP contribution in [-0.4, -0.2) is 72.9 Å². The topological polar surface area (TPSA) is 67.8 Å². The second-order valence-electron chi connectivity index (χ2n) is 7.92. The summed E-state index contributed by atoms with van der Waals surface area (Å²) in [7, 11) is 0. The summed E-state index contributed by atoms with van der Waals surface area (Å²) in [5.41, 5.74) is -0.422. The lowest BCUT2D eigenvalue weighted by Crippen LogP contribution is -2.59. The third-order valence-corrected chi connectivity index (χ3v) is 6.60. The van der Waals surface area contributed by atoms with Gasteiger partial charge in [0.05, 0.1) is 31.4 Å². The molecule has 0 radical (unpaired) electrons. The number of piperidine rings is 1. The van der Waals surface area contributed by atoms with Crippen LogP contribution in [0.15, 0.2) is 18.6 Å². The van der Waals surface area contributed by atoms with Gasteiger partial charge in [0, 0.05) is 44.6 Å². The minimum absolute atomic E-state index is 0.0241. The number of fused-ring (bicyclic) bond motifs is 1. The van der Waals surface area contributed by atoms with Gasteiger partial charge in [0.15, 0.2) is 0 Å². The third-order valence-electron chi connectivity index (χ3n) is 6.60.